The van der Waals surface area contributed by atoms with Crippen LogP contribution in [0.25, 0.3) is 0 Å². The molecule has 0 aromatic heterocycles. The van der Waals surface area contributed by atoms with E-state index in [1.54, 1.807) is 12.1 Å². The molecule has 2 heteroatoms. The average molecular weight is 220 g/mol. The molecule has 1 aromatic carbocycles. The van der Waals surface area contributed by atoms with Gasteiger partial charge in [-0.2, -0.15) is 0 Å². The van der Waals surface area contributed by atoms with Crippen molar-refractivity contribution < 1.29 is 9.50 Å². The first-order chi connectivity index (χ1) is 7.68. The van der Waals surface area contributed by atoms with Gasteiger partial charge < -0.3 is 5.11 Å². The molecule has 3 saturated carbocycles. The van der Waals surface area contributed by atoms with E-state index in [2.05, 4.69) is 0 Å². The SMILES string of the molecule is OC1(c2ccc(F)cc2)CC2CCC1CC2. The Morgan fingerprint density at radius 2 is 1.69 bits per heavy atom. The molecule has 0 saturated heterocycles. The van der Waals surface area contributed by atoms with Crippen LogP contribution in [-0.2, 0) is 5.60 Å². The molecule has 2 bridgehead atoms. The molecule has 0 spiro atoms. The van der Waals surface area contributed by atoms with Crippen LogP contribution in [0.3, 0.4) is 0 Å². The largest absolute Gasteiger partial charge is 0.385 e. The Kier molecular flexibility index (Phi) is 2.28. The summed E-state index contributed by atoms with van der Waals surface area (Å²) in [4.78, 5) is 0. The molecule has 1 nitrogen and oxygen atoms in total. The molecule has 0 radical (unpaired) electrons. The van der Waals surface area contributed by atoms with Crippen LogP contribution >= 0.6 is 0 Å². The Balaban J connectivity index is 1.95. The first kappa shape index (κ1) is 10.3. The highest BCUT2D eigenvalue weighted by Gasteiger charge is 2.46. The van der Waals surface area contributed by atoms with Crippen molar-refractivity contribution >= 4 is 0 Å². The van der Waals surface area contributed by atoms with Crippen LogP contribution in [0.5, 0.6) is 0 Å². The van der Waals surface area contributed by atoms with E-state index < -0.39 is 5.60 Å². The molecule has 16 heavy (non-hydrogen) atoms. The third-order valence-corrected chi connectivity index (χ3v) is 4.47. The van der Waals surface area contributed by atoms with Gasteiger partial charge in [0.15, 0.2) is 0 Å². The van der Waals surface area contributed by atoms with Crippen LogP contribution in [-0.4, -0.2) is 5.11 Å². The Hall–Kier alpha value is -0.890. The summed E-state index contributed by atoms with van der Waals surface area (Å²) >= 11 is 0. The Morgan fingerprint density at radius 3 is 2.19 bits per heavy atom. The van der Waals surface area contributed by atoms with Gasteiger partial charge >= 0.3 is 0 Å². The smallest absolute Gasteiger partial charge is 0.123 e. The van der Waals surface area contributed by atoms with Crippen molar-refractivity contribution in [3.63, 3.8) is 0 Å². The molecule has 86 valence electrons. The van der Waals surface area contributed by atoms with Gasteiger partial charge in [0.1, 0.15) is 5.82 Å². The zero-order valence-electron chi connectivity index (χ0n) is 9.32. The molecule has 1 atom stereocenters. The van der Waals surface area contributed by atoms with E-state index in [-0.39, 0.29) is 5.82 Å². The van der Waals surface area contributed by atoms with Crippen molar-refractivity contribution in [2.75, 3.05) is 0 Å². The summed E-state index contributed by atoms with van der Waals surface area (Å²) in [6.07, 6.45) is 5.63. The van der Waals surface area contributed by atoms with E-state index in [4.69, 9.17) is 0 Å². The lowest BCUT2D eigenvalue weighted by atomic mass is 9.60. The average Bonchev–Trinajstić information content (AvgIpc) is 2.31. The zero-order chi connectivity index (χ0) is 11.2. The predicted octanol–water partition coefficient (Wildman–Crippen LogP) is 3.22. The molecule has 0 amide bonds. The number of hydrogen-bond acceptors (Lipinski definition) is 1. The molecule has 3 fully saturated rings. The van der Waals surface area contributed by atoms with Crippen molar-refractivity contribution in [3.05, 3.63) is 35.6 Å². The summed E-state index contributed by atoms with van der Waals surface area (Å²) in [5.41, 5.74) is 0.220. The van der Waals surface area contributed by atoms with Gasteiger partial charge in [0, 0.05) is 0 Å². The normalized spacial score (nSPS) is 37.6. The van der Waals surface area contributed by atoms with E-state index in [1.165, 1.54) is 25.0 Å². The van der Waals surface area contributed by atoms with Crippen LogP contribution < -0.4 is 0 Å². The number of rotatable bonds is 1. The Labute approximate surface area is 95.3 Å². The maximum absolute atomic E-state index is 12.9. The van der Waals surface area contributed by atoms with Gasteiger partial charge in [-0.3, -0.25) is 0 Å². The summed E-state index contributed by atoms with van der Waals surface area (Å²) in [5, 5.41) is 10.8. The second-order valence-electron chi connectivity index (χ2n) is 5.35. The van der Waals surface area contributed by atoms with E-state index in [9.17, 15) is 9.50 Å². The Bertz CT molecular complexity index is 378. The summed E-state index contributed by atoms with van der Waals surface area (Å²) < 4.78 is 12.9. The Morgan fingerprint density at radius 1 is 1.06 bits per heavy atom. The van der Waals surface area contributed by atoms with Crippen molar-refractivity contribution in [3.8, 4) is 0 Å². The van der Waals surface area contributed by atoms with Crippen molar-refractivity contribution in [2.24, 2.45) is 11.8 Å². The fourth-order valence-electron chi connectivity index (χ4n) is 3.54. The topological polar surface area (TPSA) is 20.2 Å². The zero-order valence-corrected chi connectivity index (χ0v) is 9.32. The van der Waals surface area contributed by atoms with Crippen molar-refractivity contribution in [2.45, 2.75) is 37.7 Å². The number of halogens is 1. The minimum absolute atomic E-state index is 0.228. The molecule has 1 aromatic rings. The van der Waals surface area contributed by atoms with Gasteiger partial charge in [0.2, 0.25) is 0 Å². The molecule has 0 heterocycles. The molecular formula is C14H17FO. The highest BCUT2D eigenvalue weighted by Crippen LogP contribution is 2.52. The summed E-state index contributed by atoms with van der Waals surface area (Å²) in [5.74, 6) is 0.816. The quantitative estimate of drug-likeness (QED) is 0.770. The predicted molar refractivity (Wildman–Crippen MR) is 60.4 cm³/mol. The molecule has 0 aliphatic heterocycles. The second-order valence-corrected chi connectivity index (χ2v) is 5.35. The number of benzene rings is 1. The minimum atomic E-state index is -0.686. The summed E-state index contributed by atoms with van der Waals surface area (Å²) in [6, 6.07) is 6.40. The fourth-order valence-corrected chi connectivity index (χ4v) is 3.54. The van der Waals surface area contributed by atoms with Gasteiger partial charge in [0.25, 0.3) is 0 Å². The lowest BCUT2D eigenvalue weighted by molar-refractivity contribution is -0.104. The van der Waals surface area contributed by atoms with Crippen LogP contribution in [0.15, 0.2) is 24.3 Å². The monoisotopic (exact) mass is 220 g/mol. The maximum Gasteiger partial charge on any atom is 0.123 e. The van der Waals surface area contributed by atoms with Crippen LogP contribution in [0.1, 0.15) is 37.7 Å². The molecule has 1 N–H and O–H groups in total. The highest BCUT2D eigenvalue weighted by atomic mass is 19.1. The molecule has 3 aliphatic carbocycles. The maximum atomic E-state index is 12.9. The molecule has 1 unspecified atom stereocenters. The molecular weight excluding hydrogens is 203 g/mol. The van der Waals surface area contributed by atoms with Crippen LogP contribution in [0, 0.1) is 17.7 Å². The van der Waals surface area contributed by atoms with E-state index >= 15 is 0 Å². The lowest BCUT2D eigenvalue weighted by Gasteiger charge is -2.49. The third kappa shape index (κ3) is 1.47. The highest BCUT2D eigenvalue weighted by molar-refractivity contribution is 5.25. The van der Waals surface area contributed by atoms with Crippen LogP contribution in [0.2, 0.25) is 0 Å². The van der Waals surface area contributed by atoms with Gasteiger partial charge in [-0.1, -0.05) is 12.1 Å². The van der Waals surface area contributed by atoms with Gasteiger partial charge in [-0.15, -0.1) is 0 Å². The number of aliphatic hydroxyl groups is 1. The first-order valence-corrected chi connectivity index (χ1v) is 6.17. The number of fused-ring (bicyclic) bond motifs is 3. The van der Waals surface area contributed by atoms with Crippen molar-refractivity contribution in [1.29, 1.82) is 0 Å². The minimum Gasteiger partial charge on any atom is -0.385 e. The molecule has 4 rings (SSSR count). The third-order valence-electron chi connectivity index (χ3n) is 4.47. The lowest BCUT2D eigenvalue weighted by Crippen LogP contribution is -2.45. The van der Waals surface area contributed by atoms with Gasteiger partial charge in [-0.05, 0) is 61.6 Å². The van der Waals surface area contributed by atoms with Crippen LogP contribution in [0.4, 0.5) is 4.39 Å². The second kappa shape index (κ2) is 3.56. The van der Waals surface area contributed by atoms with E-state index in [0.29, 0.717) is 11.8 Å². The summed E-state index contributed by atoms with van der Waals surface area (Å²) in [6.45, 7) is 0. The molecule has 3 aliphatic rings. The standard InChI is InChI=1S/C14H17FO/c15-13-7-5-12(6-8-13)14(16)9-10-1-3-11(14)4-2-10/h5-8,10-11,16H,1-4,9H2. The first-order valence-electron chi connectivity index (χ1n) is 6.17. The number of hydrogen-bond donors (Lipinski definition) is 1. The van der Waals surface area contributed by atoms with Crippen molar-refractivity contribution in [1.82, 2.24) is 0 Å². The van der Waals surface area contributed by atoms with E-state index in [0.717, 1.165) is 24.8 Å². The van der Waals surface area contributed by atoms with Gasteiger partial charge in [-0.25, -0.2) is 4.39 Å². The van der Waals surface area contributed by atoms with Gasteiger partial charge in [0.05, 0.1) is 5.60 Å². The summed E-state index contributed by atoms with van der Waals surface area (Å²) in [7, 11) is 0. The van der Waals surface area contributed by atoms with E-state index in [1.807, 2.05) is 0 Å². The fraction of sp³-hybridized carbons (Fsp3) is 0.571.